The van der Waals surface area contributed by atoms with Crippen LogP contribution in [0.5, 0.6) is 0 Å². The lowest BCUT2D eigenvalue weighted by Crippen LogP contribution is -2.49. The van der Waals surface area contributed by atoms with E-state index >= 15 is 0 Å². The zero-order chi connectivity index (χ0) is 29.7. The molecule has 1 aliphatic rings. The van der Waals surface area contributed by atoms with Gasteiger partial charge in [-0.25, -0.2) is 9.18 Å². The van der Waals surface area contributed by atoms with Gasteiger partial charge in [-0.05, 0) is 65.9 Å². The van der Waals surface area contributed by atoms with Gasteiger partial charge in [0, 0.05) is 28.3 Å². The van der Waals surface area contributed by atoms with Gasteiger partial charge in [0.15, 0.2) is 6.29 Å². The molecule has 0 spiro atoms. The van der Waals surface area contributed by atoms with Crippen molar-refractivity contribution in [2.75, 3.05) is 13.1 Å². The molecule has 1 saturated heterocycles. The predicted molar refractivity (Wildman–Crippen MR) is 168 cm³/mol. The van der Waals surface area contributed by atoms with E-state index in [1.807, 2.05) is 74.5 Å². The predicted octanol–water partition coefficient (Wildman–Crippen LogP) is 7.16. The molecule has 5 rings (SSSR count). The highest BCUT2D eigenvalue weighted by Gasteiger charge is 2.38. The van der Waals surface area contributed by atoms with Crippen molar-refractivity contribution in [3.8, 4) is 0 Å². The van der Waals surface area contributed by atoms with Gasteiger partial charge >= 0.3 is 6.09 Å². The summed E-state index contributed by atoms with van der Waals surface area (Å²) in [5.41, 5.74) is 2.67. The topological polar surface area (TPSA) is 48.0 Å². The van der Waals surface area contributed by atoms with Crippen LogP contribution in [0.15, 0.2) is 97.1 Å². The van der Waals surface area contributed by atoms with Crippen molar-refractivity contribution in [1.29, 1.82) is 0 Å². The number of hydrogen-bond donors (Lipinski definition) is 0. The van der Waals surface area contributed by atoms with Crippen molar-refractivity contribution in [2.24, 2.45) is 0 Å². The second-order valence-corrected chi connectivity index (χ2v) is 13.7. The van der Waals surface area contributed by atoms with Gasteiger partial charge in [-0.15, -0.1) is 0 Å². The Balaban J connectivity index is 1.45. The van der Waals surface area contributed by atoms with Crippen LogP contribution in [0.1, 0.15) is 56.1 Å². The molecular weight excluding hydrogens is 545 g/mol. The van der Waals surface area contributed by atoms with Crippen LogP contribution in [-0.2, 0) is 20.8 Å². The maximum atomic E-state index is 13.8. The summed E-state index contributed by atoms with van der Waals surface area (Å²) in [6.45, 7) is 7.27. The van der Waals surface area contributed by atoms with Crippen LogP contribution in [0, 0.1) is 5.82 Å². The Hall–Kier alpha value is -3.52. The van der Waals surface area contributed by atoms with Gasteiger partial charge in [-0.1, -0.05) is 85.8 Å². The normalized spacial score (nSPS) is 19.0. The number of likely N-dealkylation sites (tertiary alicyclic amines) is 1. The molecule has 5 nitrogen and oxygen atoms in total. The van der Waals surface area contributed by atoms with E-state index in [1.54, 1.807) is 4.90 Å². The quantitative estimate of drug-likeness (QED) is 0.155. The van der Waals surface area contributed by atoms with Gasteiger partial charge < -0.3 is 19.1 Å². The molecule has 1 amide bonds. The van der Waals surface area contributed by atoms with Crippen molar-refractivity contribution < 1.29 is 23.4 Å². The van der Waals surface area contributed by atoms with Gasteiger partial charge in [-0.3, -0.25) is 0 Å². The molecule has 1 fully saturated rings. The number of nitrogens with zero attached hydrogens (tertiary/aromatic N) is 1. The number of hydrogen-bond acceptors (Lipinski definition) is 4. The highest BCUT2D eigenvalue weighted by molar-refractivity contribution is 6.12. The minimum Gasteiger partial charge on any atom is -0.443 e. The van der Waals surface area contributed by atoms with Crippen LogP contribution in [0.3, 0.4) is 0 Å². The molecule has 4 atom stereocenters. The van der Waals surface area contributed by atoms with E-state index in [0.717, 1.165) is 37.7 Å². The Morgan fingerprint density at radius 1 is 0.976 bits per heavy atom. The fourth-order valence-corrected chi connectivity index (χ4v) is 5.31. The van der Waals surface area contributed by atoms with Crippen molar-refractivity contribution in [1.82, 2.24) is 4.90 Å². The number of fused-ring (bicyclic) bond motifs is 1. The van der Waals surface area contributed by atoms with E-state index in [-0.39, 0.29) is 17.8 Å². The Morgan fingerprint density at radius 3 is 2.38 bits per heavy atom. The second-order valence-electron chi connectivity index (χ2n) is 11.9. The number of ether oxygens (including phenoxy) is 3. The molecule has 1 heterocycles. The lowest BCUT2D eigenvalue weighted by molar-refractivity contribution is -0.195. The van der Waals surface area contributed by atoms with Crippen LogP contribution in [0.25, 0.3) is 10.8 Å². The average molecular weight is 586 g/mol. The molecule has 4 unspecified atom stereocenters. The Morgan fingerprint density at radius 2 is 1.67 bits per heavy atom. The Kier molecular flexibility index (Phi) is 9.41. The lowest BCUT2D eigenvalue weighted by atomic mass is 9.87. The molecule has 0 bridgehead atoms. The van der Waals surface area contributed by atoms with E-state index in [2.05, 4.69) is 31.2 Å². The van der Waals surface area contributed by atoms with Gasteiger partial charge in [0.1, 0.15) is 11.4 Å². The number of amides is 1. The van der Waals surface area contributed by atoms with Crippen LogP contribution in [-0.4, -0.2) is 46.0 Å². The van der Waals surface area contributed by atoms with Crippen LogP contribution in [0.2, 0.25) is 5.54 Å². The smallest absolute Gasteiger partial charge is 0.410 e. The zero-order valence-electron chi connectivity index (χ0n) is 24.8. The highest BCUT2D eigenvalue weighted by Crippen LogP contribution is 2.36. The van der Waals surface area contributed by atoms with E-state index in [9.17, 15) is 9.18 Å². The first kappa shape index (κ1) is 30.0. The first-order valence-corrected chi connectivity index (χ1v) is 15.9. The van der Waals surface area contributed by atoms with Crippen molar-refractivity contribution >= 4 is 27.1 Å². The molecule has 0 aliphatic carbocycles. The Bertz CT molecular complexity index is 1480. The van der Waals surface area contributed by atoms with Crippen molar-refractivity contribution in [2.45, 2.75) is 63.3 Å². The molecule has 0 aromatic heterocycles. The molecule has 4 aromatic rings. The maximum absolute atomic E-state index is 13.8. The monoisotopic (exact) mass is 585 g/mol. The third-order valence-electron chi connectivity index (χ3n) is 8.44. The largest absolute Gasteiger partial charge is 0.443 e. The van der Waals surface area contributed by atoms with E-state index in [1.165, 1.54) is 12.1 Å². The molecular formula is C35H40FNO4Si. The summed E-state index contributed by atoms with van der Waals surface area (Å²) in [6, 6.07) is 31.0. The number of carbonyl (C=O) groups is 1. The summed E-state index contributed by atoms with van der Waals surface area (Å²) in [7, 11) is 0.921. The first-order chi connectivity index (χ1) is 20.2. The molecule has 0 N–H and O–H groups in total. The van der Waals surface area contributed by atoms with Crippen LogP contribution >= 0.6 is 0 Å². The molecule has 0 saturated carbocycles. The minimum atomic E-state index is -0.683. The molecule has 1 aliphatic heterocycles. The molecule has 7 heteroatoms. The van der Waals surface area contributed by atoms with E-state index < -0.39 is 18.0 Å². The van der Waals surface area contributed by atoms with Gasteiger partial charge in [0.05, 0.1) is 19.3 Å². The van der Waals surface area contributed by atoms with Gasteiger partial charge in [-0.2, -0.15) is 0 Å². The summed E-state index contributed by atoms with van der Waals surface area (Å²) < 4.78 is 33.1. The summed E-state index contributed by atoms with van der Waals surface area (Å²) in [6.07, 6.45) is -0.760. The fourth-order valence-electron chi connectivity index (χ4n) is 5.19. The van der Waals surface area contributed by atoms with Gasteiger partial charge in [0.25, 0.3) is 0 Å². The van der Waals surface area contributed by atoms with Crippen molar-refractivity contribution in [3.63, 3.8) is 0 Å². The number of rotatable bonds is 9. The maximum Gasteiger partial charge on any atom is 0.410 e. The summed E-state index contributed by atoms with van der Waals surface area (Å²) in [5, 5.41) is 2.23. The SMILES string of the molecule is CC([SiH3])C(C)(C)OC(=O)N1CCC(c2ccc(F)cc2)C(OC(OCc2ccccc2)c2ccc3ccccc3c2)C1. The third-order valence-corrected chi connectivity index (χ3v) is 9.83. The number of carbonyl (C=O) groups excluding carboxylic acids is 1. The van der Waals surface area contributed by atoms with Crippen molar-refractivity contribution in [3.05, 3.63) is 120 Å². The summed E-state index contributed by atoms with van der Waals surface area (Å²) in [4.78, 5) is 15.1. The standard InChI is InChI=1S/C35H40FNO4Si/c1-24(42)35(2,3)41-34(38)37-20-19-31(27-15-17-30(36)18-16-27)32(22-37)40-33(39-23-25-9-5-4-6-10-25)29-14-13-26-11-7-8-12-28(26)21-29/h4-18,21,24,31-33H,19-20,22-23H2,1-3,42H3. The lowest BCUT2D eigenvalue weighted by Gasteiger charge is -2.41. The third kappa shape index (κ3) is 7.27. The first-order valence-electron chi connectivity index (χ1n) is 14.7. The van der Waals surface area contributed by atoms with E-state index in [0.29, 0.717) is 31.7 Å². The van der Waals surface area contributed by atoms with E-state index in [4.69, 9.17) is 14.2 Å². The summed E-state index contributed by atoms with van der Waals surface area (Å²) >= 11 is 0. The molecule has 220 valence electrons. The number of benzene rings is 4. The molecule has 4 aromatic carbocycles. The van der Waals surface area contributed by atoms with Crippen LogP contribution in [0.4, 0.5) is 9.18 Å². The number of halogens is 1. The van der Waals surface area contributed by atoms with Crippen LogP contribution < -0.4 is 0 Å². The minimum absolute atomic E-state index is 0.0524. The second kappa shape index (κ2) is 13.2. The highest BCUT2D eigenvalue weighted by atomic mass is 28.1. The van der Waals surface area contributed by atoms with Gasteiger partial charge in [0.2, 0.25) is 0 Å². The molecule has 42 heavy (non-hydrogen) atoms. The number of piperidine rings is 1. The Labute approximate surface area is 251 Å². The molecule has 0 radical (unpaired) electrons. The average Bonchev–Trinajstić information content (AvgIpc) is 2.99. The summed E-state index contributed by atoms with van der Waals surface area (Å²) in [5.74, 6) is -0.333. The fraction of sp³-hybridized carbons (Fsp3) is 0.343. The zero-order valence-corrected chi connectivity index (χ0v) is 26.8.